The van der Waals surface area contributed by atoms with Crippen molar-refractivity contribution in [3.8, 4) is 0 Å². The predicted octanol–water partition coefficient (Wildman–Crippen LogP) is 4.00. The van der Waals surface area contributed by atoms with Crippen molar-refractivity contribution in [2.24, 2.45) is 5.10 Å². The highest BCUT2D eigenvalue weighted by molar-refractivity contribution is 6.30. The van der Waals surface area contributed by atoms with Gasteiger partial charge >= 0.3 is 0 Å². The lowest BCUT2D eigenvalue weighted by Gasteiger charge is -2.10. The van der Waals surface area contributed by atoms with Crippen LogP contribution in [0.4, 0.5) is 0 Å². The molecule has 7 heteroatoms. The van der Waals surface area contributed by atoms with Gasteiger partial charge in [-0.3, -0.25) is 9.59 Å². The van der Waals surface area contributed by atoms with Crippen LogP contribution in [0, 0.1) is 0 Å². The smallest absolute Gasteiger partial charge is 0.267 e. The average molecular weight is 397 g/mol. The number of nitrogens with one attached hydrogen (secondary N) is 1. The summed E-state index contributed by atoms with van der Waals surface area (Å²) in [4.78, 5) is 25.4. The first-order valence-corrected chi connectivity index (χ1v) is 9.49. The summed E-state index contributed by atoms with van der Waals surface area (Å²) in [6, 6.07) is 14.2. The zero-order valence-electron chi connectivity index (χ0n) is 15.8. The van der Waals surface area contributed by atoms with Crippen LogP contribution in [-0.2, 0) is 6.54 Å². The van der Waals surface area contributed by atoms with E-state index >= 15 is 0 Å². The summed E-state index contributed by atoms with van der Waals surface area (Å²) >= 11 is 5.90. The van der Waals surface area contributed by atoms with E-state index in [1.54, 1.807) is 43.3 Å². The number of rotatable bonds is 6. The van der Waals surface area contributed by atoms with Gasteiger partial charge in [0.25, 0.3) is 11.5 Å². The summed E-state index contributed by atoms with van der Waals surface area (Å²) in [6.07, 6.45) is 1.73. The molecule has 0 fully saturated rings. The van der Waals surface area contributed by atoms with E-state index in [0.29, 0.717) is 28.1 Å². The molecule has 0 unspecified atom stereocenters. The van der Waals surface area contributed by atoms with Gasteiger partial charge in [0, 0.05) is 17.0 Å². The van der Waals surface area contributed by atoms with Gasteiger partial charge in [-0.15, -0.1) is 0 Å². The number of amides is 1. The number of aryl methyl sites for hydroxylation is 1. The molecule has 3 aromatic rings. The van der Waals surface area contributed by atoms with E-state index in [9.17, 15) is 9.59 Å². The second-order valence-electron chi connectivity index (χ2n) is 6.42. The molecule has 0 radical (unpaired) electrons. The molecule has 6 nitrogen and oxygen atoms in total. The van der Waals surface area contributed by atoms with Gasteiger partial charge in [-0.25, -0.2) is 10.1 Å². The molecular weight excluding hydrogens is 376 g/mol. The minimum Gasteiger partial charge on any atom is -0.267 e. The van der Waals surface area contributed by atoms with E-state index in [4.69, 9.17) is 11.6 Å². The van der Waals surface area contributed by atoms with E-state index in [-0.39, 0.29) is 11.3 Å². The Morgan fingerprint density at radius 2 is 1.82 bits per heavy atom. The number of hydrogen-bond donors (Lipinski definition) is 1. The van der Waals surface area contributed by atoms with E-state index in [0.717, 1.165) is 18.4 Å². The lowest BCUT2D eigenvalue weighted by Crippen LogP contribution is -2.29. The van der Waals surface area contributed by atoms with E-state index in [2.05, 4.69) is 15.6 Å². The second kappa shape index (κ2) is 8.80. The molecule has 144 valence electrons. The molecule has 0 saturated heterocycles. The van der Waals surface area contributed by atoms with Crippen molar-refractivity contribution in [2.75, 3.05) is 0 Å². The van der Waals surface area contributed by atoms with Crippen LogP contribution < -0.4 is 11.0 Å². The third-order valence-electron chi connectivity index (χ3n) is 4.39. The Balaban J connectivity index is 1.94. The zero-order chi connectivity index (χ0) is 20.1. The molecule has 2 aromatic carbocycles. The quantitative estimate of drug-likeness (QED) is 0.505. The molecular formula is C21H21ClN4O2. The number of unbranched alkanes of at least 4 members (excludes halogenated alkanes) is 1. The van der Waals surface area contributed by atoms with Gasteiger partial charge in [-0.2, -0.15) is 10.2 Å². The fraction of sp³-hybridized carbons (Fsp3) is 0.238. The number of hydrazone groups is 1. The minimum atomic E-state index is -0.463. The van der Waals surface area contributed by atoms with Crippen molar-refractivity contribution >= 4 is 34.0 Å². The zero-order valence-corrected chi connectivity index (χ0v) is 16.5. The molecule has 0 aliphatic carbocycles. The highest BCUT2D eigenvalue weighted by Gasteiger charge is 2.16. The number of aromatic nitrogens is 2. The van der Waals surface area contributed by atoms with Crippen molar-refractivity contribution < 1.29 is 4.79 Å². The van der Waals surface area contributed by atoms with Crippen LogP contribution in [0.25, 0.3) is 10.8 Å². The molecule has 0 bridgehead atoms. The SMILES string of the molecule is CCCCn1nc(C(=O)N/N=C(\C)c2ccc(Cl)cc2)c2ccccc2c1=O. The Kier molecular flexibility index (Phi) is 6.21. The standard InChI is InChI=1S/C21H21ClN4O2/c1-3-4-13-26-21(28)18-8-6-5-7-17(18)19(25-26)20(27)24-23-14(2)15-9-11-16(22)12-10-15/h5-12H,3-4,13H2,1-2H3,(H,24,27)/b23-14+. The lowest BCUT2D eigenvalue weighted by atomic mass is 10.1. The second-order valence-corrected chi connectivity index (χ2v) is 6.86. The van der Waals surface area contributed by atoms with Gasteiger partial charge in [-0.1, -0.05) is 55.3 Å². The largest absolute Gasteiger partial charge is 0.292 e. The van der Waals surface area contributed by atoms with Gasteiger partial charge < -0.3 is 0 Å². The van der Waals surface area contributed by atoms with Crippen molar-refractivity contribution in [1.82, 2.24) is 15.2 Å². The Morgan fingerprint density at radius 1 is 1.14 bits per heavy atom. The third-order valence-corrected chi connectivity index (χ3v) is 4.65. The molecule has 0 saturated carbocycles. The minimum absolute atomic E-state index is 0.180. The van der Waals surface area contributed by atoms with Gasteiger partial charge in [-0.05, 0) is 37.1 Å². The lowest BCUT2D eigenvalue weighted by molar-refractivity contribution is 0.0949. The van der Waals surface area contributed by atoms with E-state index in [1.165, 1.54) is 4.68 Å². The average Bonchev–Trinajstić information content (AvgIpc) is 2.72. The van der Waals surface area contributed by atoms with Gasteiger partial charge in [0.2, 0.25) is 0 Å². The number of carbonyl (C=O) groups excluding carboxylic acids is 1. The summed E-state index contributed by atoms with van der Waals surface area (Å²) in [7, 11) is 0. The van der Waals surface area contributed by atoms with Crippen molar-refractivity contribution in [2.45, 2.75) is 33.2 Å². The maximum absolute atomic E-state index is 12.8. The van der Waals surface area contributed by atoms with Gasteiger partial charge in [0.05, 0.1) is 11.1 Å². The normalized spacial score (nSPS) is 11.6. The van der Waals surface area contributed by atoms with Gasteiger partial charge in [0.15, 0.2) is 5.69 Å². The summed E-state index contributed by atoms with van der Waals surface area (Å²) in [5.74, 6) is -0.463. The first kappa shape index (κ1) is 19.8. The van der Waals surface area contributed by atoms with Crippen LogP contribution in [0.1, 0.15) is 42.7 Å². The number of carbonyl (C=O) groups is 1. The molecule has 28 heavy (non-hydrogen) atoms. The molecule has 3 rings (SSSR count). The molecule has 0 aliphatic rings. The summed E-state index contributed by atoms with van der Waals surface area (Å²) in [5, 5.41) is 10.1. The number of nitrogens with zero attached hydrogens (tertiary/aromatic N) is 3. The molecule has 0 aliphatic heterocycles. The van der Waals surface area contributed by atoms with Gasteiger partial charge in [0.1, 0.15) is 0 Å². The Labute approximate surface area is 167 Å². The predicted molar refractivity (Wildman–Crippen MR) is 112 cm³/mol. The molecule has 1 amide bonds. The van der Waals surface area contributed by atoms with Crippen molar-refractivity contribution in [3.05, 3.63) is 75.2 Å². The number of benzene rings is 2. The highest BCUT2D eigenvalue weighted by atomic mass is 35.5. The molecule has 1 heterocycles. The van der Waals surface area contributed by atoms with Crippen LogP contribution in [0.5, 0.6) is 0 Å². The van der Waals surface area contributed by atoms with Crippen LogP contribution in [0.3, 0.4) is 0 Å². The maximum atomic E-state index is 12.8. The topological polar surface area (TPSA) is 76.3 Å². The number of halogens is 1. The van der Waals surface area contributed by atoms with Crippen molar-refractivity contribution in [3.63, 3.8) is 0 Å². The van der Waals surface area contributed by atoms with Crippen LogP contribution >= 0.6 is 11.6 Å². The fourth-order valence-corrected chi connectivity index (χ4v) is 2.93. The summed E-state index contributed by atoms with van der Waals surface area (Å²) in [5.41, 5.74) is 4.01. The molecule has 1 aromatic heterocycles. The number of hydrogen-bond acceptors (Lipinski definition) is 4. The fourth-order valence-electron chi connectivity index (χ4n) is 2.81. The first-order valence-electron chi connectivity index (χ1n) is 9.11. The van der Waals surface area contributed by atoms with Crippen LogP contribution in [0.15, 0.2) is 58.4 Å². The third kappa shape index (κ3) is 4.28. The molecule has 0 spiro atoms. The summed E-state index contributed by atoms with van der Waals surface area (Å²) in [6.45, 7) is 4.29. The monoisotopic (exact) mass is 396 g/mol. The van der Waals surface area contributed by atoms with E-state index in [1.807, 2.05) is 19.1 Å². The highest BCUT2D eigenvalue weighted by Crippen LogP contribution is 2.14. The Bertz CT molecular complexity index is 1090. The molecule has 0 atom stereocenters. The van der Waals surface area contributed by atoms with Crippen LogP contribution in [-0.4, -0.2) is 21.4 Å². The Hall–Kier alpha value is -2.99. The maximum Gasteiger partial charge on any atom is 0.292 e. The number of fused-ring (bicyclic) bond motifs is 1. The first-order chi connectivity index (χ1) is 13.5. The Morgan fingerprint density at radius 3 is 2.50 bits per heavy atom. The van der Waals surface area contributed by atoms with E-state index < -0.39 is 5.91 Å². The van der Waals surface area contributed by atoms with Crippen molar-refractivity contribution in [1.29, 1.82) is 0 Å². The summed E-state index contributed by atoms with van der Waals surface area (Å²) < 4.78 is 1.36. The van der Waals surface area contributed by atoms with Crippen LogP contribution in [0.2, 0.25) is 5.02 Å². The molecule has 1 N–H and O–H groups in total.